The number of anilines is 1. The minimum absolute atomic E-state index is 0.0388. The van der Waals surface area contributed by atoms with Crippen LogP contribution in [-0.2, 0) is 4.79 Å². The smallest absolute Gasteiger partial charge is 0.232 e. The number of aromatic nitrogens is 1. The molecular formula is C16H15N3O. The molecule has 0 aliphatic carbocycles. The first kappa shape index (κ1) is 12.5. The van der Waals surface area contributed by atoms with Crippen LogP contribution < -0.4 is 4.90 Å². The number of benzene rings is 1. The van der Waals surface area contributed by atoms with E-state index < -0.39 is 0 Å². The molecule has 0 fully saturated rings. The average molecular weight is 265 g/mol. The molecule has 4 heteroatoms. The third-order valence-electron chi connectivity index (χ3n) is 3.44. The number of hydrogen-bond donors (Lipinski definition) is 0. The van der Waals surface area contributed by atoms with Crippen molar-refractivity contribution in [2.45, 2.75) is 13.3 Å². The zero-order valence-electron chi connectivity index (χ0n) is 11.5. The van der Waals surface area contributed by atoms with Crippen molar-refractivity contribution in [3.05, 3.63) is 53.9 Å². The fourth-order valence-electron chi connectivity index (χ4n) is 2.28. The number of amides is 1. The second-order valence-electron chi connectivity index (χ2n) is 4.92. The normalized spacial score (nSPS) is 14.6. The lowest BCUT2D eigenvalue weighted by Gasteiger charge is -2.16. The first-order valence-electron chi connectivity index (χ1n) is 6.50. The van der Waals surface area contributed by atoms with E-state index in [1.54, 1.807) is 24.3 Å². The first-order chi connectivity index (χ1) is 9.65. The molecule has 0 atom stereocenters. The molecule has 20 heavy (non-hydrogen) atoms. The summed E-state index contributed by atoms with van der Waals surface area (Å²) in [5.41, 5.74) is 4.44. The quantitative estimate of drug-likeness (QED) is 0.796. The van der Waals surface area contributed by atoms with Crippen molar-refractivity contribution in [3.8, 4) is 0 Å². The summed E-state index contributed by atoms with van der Waals surface area (Å²) in [6.07, 6.45) is 3.74. The van der Waals surface area contributed by atoms with Crippen LogP contribution in [-0.4, -0.2) is 23.7 Å². The Kier molecular flexibility index (Phi) is 3.06. The van der Waals surface area contributed by atoms with Gasteiger partial charge in [-0.25, -0.2) is 0 Å². The summed E-state index contributed by atoms with van der Waals surface area (Å²) < 4.78 is 0. The molecule has 1 aliphatic rings. The highest BCUT2D eigenvalue weighted by Crippen LogP contribution is 2.32. The highest BCUT2D eigenvalue weighted by molar-refractivity contribution is 6.17. The van der Waals surface area contributed by atoms with Gasteiger partial charge in [0.2, 0.25) is 5.91 Å². The molecule has 1 amide bonds. The molecule has 2 aromatic rings. The van der Waals surface area contributed by atoms with Crippen LogP contribution in [0.25, 0.3) is 0 Å². The molecule has 0 N–H and O–H groups in total. The highest BCUT2D eigenvalue weighted by atomic mass is 16.2. The van der Waals surface area contributed by atoms with Gasteiger partial charge in [-0.05, 0) is 30.7 Å². The van der Waals surface area contributed by atoms with E-state index >= 15 is 0 Å². The summed E-state index contributed by atoms with van der Waals surface area (Å²) in [5.74, 6) is 0.0388. The summed E-state index contributed by atoms with van der Waals surface area (Å²) in [4.78, 5) is 22.7. The van der Waals surface area contributed by atoms with E-state index in [0.29, 0.717) is 0 Å². The van der Waals surface area contributed by atoms with E-state index in [0.717, 1.165) is 28.2 Å². The molecular weight excluding hydrogens is 250 g/mol. The molecule has 3 rings (SSSR count). The van der Waals surface area contributed by atoms with Crippen molar-refractivity contribution < 1.29 is 4.79 Å². The summed E-state index contributed by atoms with van der Waals surface area (Å²) in [5, 5.41) is 0. The van der Waals surface area contributed by atoms with Gasteiger partial charge >= 0.3 is 0 Å². The van der Waals surface area contributed by atoms with Gasteiger partial charge in [-0.1, -0.05) is 12.1 Å². The van der Waals surface area contributed by atoms with Gasteiger partial charge in [0.05, 0.1) is 23.5 Å². The van der Waals surface area contributed by atoms with Gasteiger partial charge < -0.3 is 4.90 Å². The van der Waals surface area contributed by atoms with Crippen molar-refractivity contribution in [2.24, 2.45) is 4.99 Å². The van der Waals surface area contributed by atoms with Crippen molar-refractivity contribution in [1.29, 1.82) is 0 Å². The van der Waals surface area contributed by atoms with E-state index in [9.17, 15) is 4.79 Å². The molecule has 0 unspecified atom stereocenters. The molecule has 1 aromatic carbocycles. The van der Waals surface area contributed by atoms with E-state index in [2.05, 4.69) is 9.98 Å². The van der Waals surface area contributed by atoms with Gasteiger partial charge in [-0.2, -0.15) is 0 Å². The van der Waals surface area contributed by atoms with E-state index in [1.165, 1.54) is 0 Å². The molecule has 100 valence electrons. The second-order valence-corrected chi connectivity index (χ2v) is 4.92. The summed E-state index contributed by atoms with van der Waals surface area (Å²) in [6.45, 7) is 2.01. The summed E-state index contributed by atoms with van der Waals surface area (Å²) >= 11 is 0. The van der Waals surface area contributed by atoms with Crippen LogP contribution in [0, 0.1) is 6.92 Å². The second kappa shape index (κ2) is 4.89. The molecule has 1 aromatic heterocycles. The fourth-order valence-corrected chi connectivity index (χ4v) is 2.28. The minimum atomic E-state index is 0.0388. The number of aliphatic imine (C=N–C) groups is 1. The van der Waals surface area contributed by atoms with Crippen LogP contribution in [0.1, 0.15) is 17.5 Å². The summed E-state index contributed by atoms with van der Waals surface area (Å²) in [7, 11) is 1.79. The largest absolute Gasteiger partial charge is 0.313 e. The zero-order valence-corrected chi connectivity index (χ0v) is 11.5. The standard InChI is InChI=1S/C16H15N3O/c1-11-5-6-13-15(8-11)19(2)16(20)9-14(18-13)12-4-3-7-17-10-12/h3-8,10H,9H2,1-2H3. The Bertz CT molecular complexity index is 692. The number of pyridine rings is 1. The third-order valence-corrected chi connectivity index (χ3v) is 3.44. The van der Waals surface area contributed by atoms with Gasteiger partial charge in [0.1, 0.15) is 0 Å². The number of carbonyl (C=O) groups is 1. The van der Waals surface area contributed by atoms with Gasteiger partial charge in [-0.3, -0.25) is 14.8 Å². The van der Waals surface area contributed by atoms with Crippen LogP contribution in [0.4, 0.5) is 11.4 Å². The topological polar surface area (TPSA) is 45.6 Å². The maximum absolute atomic E-state index is 12.3. The predicted octanol–water partition coefficient (Wildman–Crippen LogP) is 2.88. The first-order valence-corrected chi connectivity index (χ1v) is 6.50. The monoisotopic (exact) mass is 265 g/mol. The Morgan fingerprint density at radius 1 is 1.25 bits per heavy atom. The van der Waals surface area contributed by atoms with E-state index in [-0.39, 0.29) is 12.3 Å². The molecule has 0 spiro atoms. The van der Waals surface area contributed by atoms with Crippen molar-refractivity contribution >= 4 is 23.0 Å². The Labute approximate surface area is 117 Å². The number of nitrogens with zero attached hydrogens (tertiary/aromatic N) is 3. The lowest BCUT2D eigenvalue weighted by molar-refractivity contribution is -0.117. The number of carbonyl (C=O) groups excluding carboxylic acids is 1. The van der Waals surface area contributed by atoms with Crippen molar-refractivity contribution in [3.63, 3.8) is 0 Å². The Morgan fingerprint density at radius 2 is 2.10 bits per heavy atom. The zero-order chi connectivity index (χ0) is 14.1. The average Bonchev–Trinajstić information content (AvgIpc) is 2.59. The highest BCUT2D eigenvalue weighted by Gasteiger charge is 2.22. The van der Waals surface area contributed by atoms with Crippen LogP contribution >= 0.6 is 0 Å². The lowest BCUT2D eigenvalue weighted by Crippen LogP contribution is -2.27. The molecule has 0 radical (unpaired) electrons. The Hall–Kier alpha value is -2.49. The van der Waals surface area contributed by atoms with Crippen LogP contribution in [0.15, 0.2) is 47.7 Å². The molecule has 2 heterocycles. The maximum Gasteiger partial charge on any atom is 0.232 e. The number of hydrogen-bond acceptors (Lipinski definition) is 3. The molecule has 0 saturated carbocycles. The maximum atomic E-state index is 12.3. The van der Waals surface area contributed by atoms with Gasteiger partial charge in [-0.15, -0.1) is 0 Å². The molecule has 0 bridgehead atoms. The van der Waals surface area contributed by atoms with Gasteiger partial charge in [0.15, 0.2) is 0 Å². The number of rotatable bonds is 1. The lowest BCUT2D eigenvalue weighted by atomic mass is 10.1. The third kappa shape index (κ3) is 2.20. The van der Waals surface area contributed by atoms with Crippen LogP contribution in [0.5, 0.6) is 0 Å². The summed E-state index contributed by atoms with van der Waals surface area (Å²) in [6, 6.07) is 9.73. The van der Waals surface area contributed by atoms with Gasteiger partial charge in [0.25, 0.3) is 0 Å². The molecule has 4 nitrogen and oxygen atoms in total. The molecule has 1 aliphatic heterocycles. The van der Waals surface area contributed by atoms with Crippen molar-refractivity contribution in [2.75, 3.05) is 11.9 Å². The Balaban J connectivity index is 2.15. The fraction of sp³-hybridized carbons (Fsp3) is 0.188. The van der Waals surface area contributed by atoms with E-state index in [4.69, 9.17) is 0 Å². The van der Waals surface area contributed by atoms with Crippen molar-refractivity contribution in [1.82, 2.24) is 4.98 Å². The predicted molar refractivity (Wildman–Crippen MR) is 79.6 cm³/mol. The number of aryl methyl sites for hydroxylation is 1. The number of fused-ring (bicyclic) bond motifs is 1. The SMILES string of the molecule is Cc1ccc2c(c1)N(C)C(=O)CC(c1cccnc1)=N2. The van der Waals surface area contributed by atoms with E-state index in [1.807, 2.05) is 37.3 Å². The van der Waals surface area contributed by atoms with Crippen LogP contribution in [0.2, 0.25) is 0 Å². The van der Waals surface area contributed by atoms with Gasteiger partial charge in [0, 0.05) is 25.0 Å². The van der Waals surface area contributed by atoms with Crippen LogP contribution in [0.3, 0.4) is 0 Å². The minimum Gasteiger partial charge on any atom is -0.313 e. The Morgan fingerprint density at radius 3 is 2.85 bits per heavy atom. The molecule has 0 saturated heterocycles.